The first-order valence-corrected chi connectivity index (χ1v) is 7.45. The van der Waals surface area contributed by atoms with E-state index in [4.69, 9.17) is 9.47 Å². The molecule has 0 aliphatic heterocycles. The van der Waals surface area contributed by atoms with Crippen LogP contribution >= 0.6 is 0 Å². The van der Waals surface area contributed by atoms with Crippen LogP contribution in [0, 0.1) is 0 Å². The minimum absolute atomic E-state index is 0.119. The lowest BCUT2D eigenvalue weighted by Gasteiger charge is -2.12. The van der Waals surface area contributed by atoms with Gasteiger partial charge in [-0.05, 0) is 26.2 Å². The number of unbranched alkanes of at least 4 members (excludes halogenated alkanes) is 4. The van der Waals surface area contributed by atoms with E-state index >= 15 is 0 Å². The van der Waals surface area contributed by atoms with Crippen molar-refractivity contribution in [3.63, 3.8) is 0 Å². The lowest BCUT2D eigenvalue weighted by molar-refractivity contribution is -0.157. The van der Waals surface area contributed by atoms with Crippen LogP contribution in [-0.2, 0) is 19.1 Å². The Morgan fingerprint density at radius 1 is 0.947 bits per heavy atom. The Labute approximate surface area is 116 Å². The molecule has 4 nitrogen and oxygen atoms in total. The molecule has 19 heavy (non-hydrogen) atoms. The number of hydrogen-bond acceptors (Lipinski definition) is 4. The van der Waals surface area contributed by atoms with Crippen LogP contribution in [0.1, 0.15) is 72.1 Å². The summed E-state index contributed by atoms with van der Waals surface area (Å²) in [7, 11) is 0. The number of rotatable bonds is 11. The first-order chi connectivity index (χ1) is 9.10. The average Bonchev–Trinajstić information content (AvgIpc) is 2.34. The summed E-state index contributed by atoms with van der Waals surface area (Å²) in [6, 6.07) is 0. The molecule has 0 aromatic heterocycles. The van der Waals surface area contributed by atoms with Crippen LogP contribution in [0.15, 0.2) is 0 Å². The van der Waals surface area contributed by atoms with E-state index in [1.807, 2.05) is 6.92 Å². The Hall–Kier alpha value is -1.06. The predicted molar refractivity (Wildman–Crippen MR) is 74.8 cm³/mol. The molecule has 1 atom stereocenters. The number of esters is 2. The molecule has 0 bridgehead atoms. The third-order valence-corrected chi connectivity index (χ3v) is 2.85. The van der Waals surface area contributed by atoms with Crippen LogP contribution in [0.25, 0.3) is 0 Å². The van der Waals surface area contributed by atoms with Crippen LogP contribution in [0.4, 0.5) is 0 Å². The number of ether oxygens (including phenoxy) is 2. The standard InChI is InChI=1S/C15H28O4/c1-4-6-8-10-13(3)19-15(17)12-14(16)18-11-9-7-5-2/h13H,4-12H2,1-3H3. The lowest BCUT2D eigenvalue weighted by atomic mass is 10.1. The van der Waals surface area contributed by atoms with Gasteiger partial charge in [0.25, 0.3) is 0 Å². The minimum atomic E-state index is -0.484. The molecule has 0 aromatic carbocycles. The van der Waals surface area contributed by atoms with Crippen molar-refractivity contribution >= 4 is 11.9 Å². The molecule has 4 heteroatoms. The fraction of sp³-hybridized carbons (Fsp3) is 0.867. The zero-order valence-corrected chi connectivity index (χ0v) is 12.6. The largest absolute Gasteiger partial charge is 0.465 e. The van der Waals surface area contributed by atoms with Crippen molar-refractivity contribution in [1.29, 1.82) is 0 Å². The van der Waals surface area contributed by atoms with Gasteiger partial charge in [0, 0.05) is 0 Å². The number of carbonyl (C=O) groups excluding carboxylic acids is 2. The molecule has 1 unspecified atom stereocenters. The van der Waals surface area contributed by atoms with E-state index in [1.54, 1.807) is 0 Å². The molecule has 0 aliphatic rings. The van der Waals surface area contributed by atoms with E-state index in [9.17, 15) is 9.59 Å². The third-order valence-electron chi connectivity index (χ3n) is 2.85. The van der Waals surface area contributed by atoms with Gasteiger partial charge in [-0.1, -0.05) is 39.5 Å². The van der Waals surface area contributed by atoms with Crippen LogP contribution in [-0.4, -0.2) is 24.6 Å². The molecule has 0 aromatic rings. The van der Waals surface area contributed by atoms with Gasteiger partial charge in [-0.25, -0.2) is 0 Å². The summed E-state index contributed by atoms with van der Waals surface area (Å²) in [4.78, 5) is 22.8. The maximum absolute atomic E-state index is 11.5. The quantitative estimate of drug-likeness (QED) is 0.327. The number of carbonyl (C=O) groups is 2. The highest BCUT2D eigenvalue weighted by atomic mass is 16.6. The molecule has 0 N–H and O–H groups in total. The summed E-state index contributed by atoms with van der Waals surface area (Å²) < 4.78 is 10.1. The van der Waals surface area contributed by atoms with Crippen molar-refractivity contribution in [3.05, 3.63) is 0 Å². The van der Waals surface area contributed by atoms with Gasteiger partial charge in [0.1, 0.15) is 6.42 Å². The van der Waals surface area contributed by atoms with Crippen LogP contribution in [0.3, 0.4) is 0 Å². The molecule has 0 rings (SSSR count). The zero-order chi connectivity index (χ0) is 14.5. The summed E-state index contributed by atoms with van der Waals surface area (Å²) >= 11 is 0. The van der Waals surface area contributed by atoms with E-state index in [0.717, 1.165) is 44.9 Å². The summed E-state index contributed by atoms with van der Waals surface area (Å²) in [5.41, 5.74) is 0. The van der Waals surface area contributed by atoms with Crippen LogP contribution in [0.5, 0.6) is 0 Å². The maximum Gasteiger partial charge on any atom is 0.317 e. The lowest BCUT2D eigenvalue weighted by Crippen LogP contribution is -2.19. The van der Waals surface area contributed by atoms with Gasteiger partial charge in [-0.15, -0.1) is 0 Å². The highest BCUT2D eigenvalue weighted by Crippen LogP contribution is 2.07. The highest BCUT2D eigenvalue weighted by Gasteiger charge is 2.14. The van der Waals surface area contributed by atoms with E-state index < -0.39 is 11.9 Å². The summed E-state index contributed by atoms with van der Waals surface area (Å²) in [5, 5.41) is 0. The fourth-order valence-corrected chi connectivity index (χ4v) is 1.71. The molecule has 0 radical (unpaired) electrons. The van der Waals surface area contributed by atoms with Crippen molar-refractivity contribution in [2.45, 2.75) is 78.2 Å². The van der Waals surface area contributed by atoms with E-state index in [0.29, 0.717) is 6.61 Å². The van der Waals surface area contributed by atoms with E-state index in [1.165, 1.54) is 0 Å². The molecule has 112 valence electrons. The SMILES string of the molecule is CCCCCOC(=O)CC(=O)OC(C)CCCCC. The number of hydrogen-bond donors (Lipinski definition) is 0. The van der Waals surface area contributed by atoms with Crippen molar-refractivity contribution < 1.29 is 19.1 Å². The summed E-state index contributed by atoms with van der Waals surface area (Å²) in [6.45, 7) is 6.47. The smallest absolute Gasteiger partial charge is 0.317 e. The summed E-state index contributed by atoms with van der Waals surface area (Å²) in [6.07, 6.45) is 6.76. The Bertz CT molecular complexity index is 251. The second-order valence-corrected chi connectivity index (χ2v) is 4.90. The van der Waals surface area contributed by atoms with Crippen molar-refractivity contribution in [2.75, 3.05) is 6.61 Å². The Morgan fingerprint density at radius 3 is 2.21 bits per heavy atom. The predicted octanol–water partition coefficient (Wildman–Crippen LogP) is 3.62. The monoisotopic (exact) mass is 272 g/mol. The van der Waals surface area contributed by atoms with Gasteiger partial charge in [-0.3, -0.25) is 9.59 Å². The molecular formula is C15H28O4. The first kappa shape index (κ1) is 17.9. The van der Waals surface area contributed by atoms with Gasteiger partial charge in [0.05, 0.1) is 12.7 Å². The molecular weight excluding hydrogens is 244 g/mol. The van der Waals surface area contributed by atoms with E-state index in [-0.39, 0.29) is 12.5 Å². The molecule has 0 spiro atoms. The molecule has 0 amide bonds. The van der Waals surface area contributed by atoms with Gasteiger partial charge in [0.2, 0.25) is 0 Å². The van der Waals surface area contributed by atoms with Gasteiger partial charge in [-0.2, -0.15) is 0 Å². The zero-order valence-electron chi connectivity index (χ0n) is 12.6. The van der Waals surface area contributed by atoms with Crippen molar-refractivity contribution in [3.8, 4) is 0 Å². The molecule has 0 fully saturated rings. The van der Waals surface area contributed by atoms with Gasteiger partial charge >= 0.3 is 11.9 Å². The normalized spacial score (nSPS) is 11.9. The highest BCUT2D eigenvalue weighted by molar-refractivity contribution is 5.91. The van der Waals surface area contributed by atoms with Gasteiger partial charge < -0.3 is 9.47 Å². The van der Waals surface area contributed by atoms with Crippen molar-refractivity contribution in [2.24, 2.45) is 0 Å². The average molecular weight is 272 g/mol. The van der Waals surface area contributed by atoms with Crippen molar-refractivity contribution in [1.82, 2.24) is 0 Å². The van der Waals surface area contributed by atoms with Crippen LogP contribution < -0.4 is 0 Å². The first-order valence-electron chi connectivity index (χ1n) is 7.45. The second kappa shape index (κ2) is 12.0. The molecule has 0 heterocycles. The Balaban J connectivity index is 3.63. The third kappa shape index (κ3) is 11.7. The molecule has 0 aliphatic carbocycles. The van der Waals surface area contributed by atoms with E-state index in [2.05, 4.69) is 13.8 Å². The summed E-state index contributed by atoms with van der Waals surface area (Å²) in [5.74, 6) is -0.966. The Morgan fingerprint density at radius 2 is 1.58 bits per heavy atom. The fourth-order valence-electron chi connectivity index (χ4n) is 1.71. The maximum atomic E-state index is 11.5. The van der Waals surface area contributed by atoms with Gasteiger partial charge in [0.15, 0.2) is 0 Å². The van der Waals surface area contributed by atoms with Crippen LogP contribution in [0.2, 0.25) is 0 Å². The topological polar surface area (TPSA) is 52.6 Å². The molecule has 0 saturated heterocycles. The Kier molecular flexibility index (Phi) is 11.3. The second-order valence-electron chi connectivity index (χ2n) is 4.90. The minimum Gasteiger partial charge on any atom is -0.465 e. The molecule has 0 saturated carbocycles.